The van der Waals surface area contributed by atoms with E-state index in [9.17, 15) is 14.4 Å². The molecule has 1 atom stereocenters. The van der Waals surface area contributed by atoms with Crippen LogP contribution in [0, 0.1) is 0 Å². The number of benzene rings is 1. The van der Waals surface area contributed by atoms with Crippen LogP contribution in [0.5, 0.6) is 0 Å². The van der Waals surface area contributed by atoms with Gasteiger partial charge in [-0.1, -0.05) is 35.9 Å². The molecule has 3 nitrogen and oxygen atoms in total. The second kappa shape index (κ2) is 5.71. The van der Waals surface area contributed by atoms with E-state index >= 15 is 0 Å². The minimum absolute atomic E-state index is 0.0543. The zero-order valence-corrected chi connectivity index (χ0v) is 14.9. The van der Waals surface area contributed by atoms with Crippen molar-refractivity contribution in [1.82, 2.24) is 0 Å². The molecule has 4 heteroatoms. The number of ketones is 3. The van der Waals surface area contributed by atoms with Crippen molar-refractivity contribution in [1.29, 1.82) is 0 Å². The van der Waals surface area contributed by atoms with E-state index in [1.54, 1.807) is 35.6 Å². The van der Waals surface area contributed by atoms with Gasteiger partial charge in [-0.05, 0) is 30.7 Å². The van der Waals surface area contributed by atoms with Gasteiger partial charge in [-0.2, -0.15) is 0 Å². The predicted octanol–water partition coefficient (Wildman–Crippen LogP) is 4.66. The molecule has 0 saturated heterocycles. The van der Waals surface area contributed by atoms with Gasteiger partial charge in [0.2, 0.25) is 0 Å². The molecule has 1 aromatic carbocycles. The van der Waals surface area contributed by atoms with Gasteiger partial charge in [0, 0.05) is 39.1 Å². The normalized spacial score (nSPS) is 22.3. The van der Waals surface area contributed by atoms with Crippen molar-refractivity contribution in [2.75, 3.05) is 0 Å². The zero-order chi connectivity index (χ0) is 17.8. The predicted molar refractivity (Wildman–Crippen MR) is 99.7 cm³/mol. The number of hydrogen-bond acceptors (Lipinski definition) is 4. The molecule has 0 spiro atoms. The van der Waals surface area contributed by atoms with Crippen LogP contribution in [-0.4, -0.2) is 17.3 Å². The molecule has 0 aliphatic heterocycles. The Bertz CT molecular complexity index is 1040. The third kappa shape index (κ3) is 2.08. The van der Waals surface area contributed by atoms with Crippen LogP contribution in [0.2, 0.25) is 0 Å². The van der Waals surface area contributed by atoms with Crippen molar-refractivity contribution < 1.29 is 14.4 Å². The molecular weight excluding hydrogens is 344 g/mol. The molecule has 0 N–H and O–H groups in total. The Balaban J connectivity index is 1.77. The number of fused-ring (bicyclic) bond motifs is 1. The molecular formula is C22H16O3S. The van der Waals surface area contributed by atoms with Crippen LogP contribution < -0.4 is 0 Å². The lowest BCUT2D eigenvalue weighted by Gasteiger charge is -2.35. The van der Waals surface area contributed by atoms with Crippen molar-refractivity contribution in [3.05, 3.63) is 80.1 Å². The Hall–Kier alpha value is -2.59. The highest BCUT2D eigenvalue weighted by Gasteiger charge is 2.44. The summed E-state index contributed by atoms with van der Waals surface area (Å²) in [5.74, 6) is -0.401. The average Bonchev–Trinajstić information content (AvgIpc) is 3.19. The highest BCUT2D eigenvalue weighted by atomic mass is 32.1. The molecule has 1 aromatic heterocycles. The third-order valence-electron chi connectivity index (χ3n) is 5.62. The fourth-order valence-corrected chi connectivity index (χ4v) is 5.35. The minimum Gasteiger partial charge on any atom is -0.295 e. The first kappa shape index (κ1) is 15.6. The first-order valence-corrected chi connectivity index (χ1v) is 9.74. The monoisotopic (exact) mass is 360 g/mol. The molecule has 0 radical (unpaired) electrons. The van der Waals surface area contributed by atoms with Crippen molar-refractivity contribution in [2.24, 2.45) is 0 Å². The van der Waals surface area contributed by atoms with Gasteiger partial charge < -0.3 is 0 Å². The van der Waals surface area contributed by atoms with Gasteiger partial charge >= 0.3 is 0 Å². The Morgan fingerprint density at radius 1 is 0.846 bits per heavy atom. The maximum Gasteiger partial charge on any atom is 0.191 e. The molecule has 0 fully saturated rings. The van der Waals surface area contributed by atoms with Crippen LogP contribution in [0.15, 0.2) is 64.1 Å². The van der Waals surface area contributed by atoms with Gasteiger partial charge in [-0.25, -0.2) is 0 Å². The minimum atomic E-state index is -0.383. The fourth-order valence-electron chi connectivity index (χ4n) is 4.50. The summed E-state index contributed by atoms with van der Waals surface area (Å²) in [7, 11) is 0. The number of carbonyl (C=O) groups is 3. The van der Waals surface area contributed by atoms with Crippen LogP contribution in [-0.2, 0) is 4.79 Å². The highest BCUT2D eigenvalue weighted by molar-refractivity contribution is 7.10. The maximum absolute atomic E-state index is 13.3. The number of rotatable bonds is 1. The molecule has 0 amide bonds. The summed E-state index contributed by atoms with van der Waals surface area (Å²) in [5, 5.41) is 1.96. The lowest BCUT2D eigenvalue weighted by Crippen LogP contribution is -2.32. The first-order valence-electron chi connectivity index (χ1n) is 8.87. The van der Waals surface area contributed by atoms with Crippen molar-refractivity contribution in [3.8, 4) is 0 Å². The molecule has 5 rings (SSSR count). The Morgan fingerprint density at radius 3 is 2.35 bits per heavy atom. The Labute approximate surface area is 155 Å². The molecule has 0 saturated carbocycles. The van der Waals surface area contributed by atoms with E-state index in [4.69, 9.17) is 0 Å². The summed E-state index contributed by atoms with van der Waals surface area (Å²) in [6.45, 7) is 0. The number of thiophene rings is 1. The highest BCUT2D eigenvalue weighted by Crippen LogP contribution is 2.50. The number of Topliss-reactive ketones (excluding diaryl/α,β-unsaturated/α-hetero) is 3. The van der Waals surface area contributed by atoms with Crippen molar-refractivity contribution in [3.63, 3.8) is 0 Å². The summed E-state index contributed by atoms with van der Waals surface area (Å²) in [5.41, 5.74) is 3.92. The van der Waals surface area contributed by atoms with Crippen LogP contribution in [0.4, 0.5) is 0 Å². The lowest BCUT2D eigenvalue weighted by molar-refractivity contribution is -0.116. The average molecular weight is 360 g/mol. The quantitative estimate of drug-likeness (QED) is 0.743. The molecule has 3 aliphatic rings. The van der Waals surface area contributed by atoms with E-state index in [-0.39, 0.29) is 23.3 Å². The molecule has 3 aliphatic carbocycles. The van der Waals surface area contributed by atoms with E-state index in [2.05, 4.69) is 0 Å². The fraction of sp³-hybridized carbons (Fsp3) is 0.227. The van der Waals surface area contributed by atoms with Gasteiger partial charge in [-0.3, -0.25) is 14.4 Å². The van der Waals surface area contributed by atoms with Gasteiger partial charge in [0.05, 0.1) is 5.92 Å². The van der Waals surface area contributed by atoms with E-state index in [0.29, 0.717) is 35.1 Å². The smallest absolute Gasteiger partial charge is 0.191 e. The van der Waals surface area contributed by atoms with Crippen LogP contribution in [0.3, 0.4) is 0 Å². The van der Waals surface area contributed by atoms with E-state index in [0.717, 1.165) is 28.9 Å². The summed E-state index contributed by atoms with van der Waals surface area (Å²) in [6, 6.07) is 10.9. The molecule has 128 valence electrons. The Morgan fingerprint density at radius 2 is 1.62 bits per heavy atom. The Kier molecular flexibility index (Phi) is 3.44. The summed E-state index contributed by atoms with van der Waals surface area (Å²) >= 11 is 1.54. The van der Waals surface area contributed by atoms with Crippen molar-refractivity contribution in [2.45, 2.75) is 31.6 Å². The number of hydrogen-bond donors (Lipinski definition) is 0. The summed E-state index contributed by atoms with van der Waals surface area (Å²) < 4.78 is 0. The second-order valence-electron chi connectivity index (χ2n) is 7.02. The second-order valence-corrected chi connectivity index (χ2v) is 7.99. The summed E-state index contributed by atoms with van der Waals surface area (Å²) in [4.78, 5) is 40.2. The number of carbonyl (C=O) groups excluding carboxylic acids is 3. The number of allylic oxidation sites excluding steroid dienone is 4. The lowest BCUT2D eigenvalue weighted by atomic mass is 9.66. The maximum atomic E-state index is 13.3. The van der Waals surface area contributed by atoms with Crippen LogP contribution in [0.25, 0.3) is 0 Å². The van der Waals surface area contributed by atoms with Gasteiger partial charge in [0.15, 0.2) is 17.3 Å². The van der Waals surface area contributed by atoms with Crippen LogP contribution >= 0.6 is 11.3 Å². The van der Waals surface area contributed by atoms with Gasteiger partial charge in [0.1, 0.15) is 0 Å². The molecule has 1 heterocycles. The third-order valence-corrected chi connectivity index (χ3v) is 6.56. The van der Waals surface area contributed by atoms with E-state index < -0.39 is 0 Å². The first-order chi connectivity index (χ1) is 12.7. The molecule has 0 bridgehead atoms. The van der Waals surface area contributed by atoms with Crippen molar-refractivity contribution >= 4 is 28.7 Å². The zero-order valence-electron chi connectivity index (χ0n) is 14.1. The largest absolute Gasteiger partial charge is 0.295 e. The van der Waals surface area contributed by atoms with E-state index in [1.807, 2.05) is 17.5 Å². The van der Waals surface area contributed by atoms with Gasteiger partial charge in [-0.15, -0.1) is 11.3 Å². The molecule has 1 unspecified atom stereocenters. The van der Waals surface area contributed by atoms with Gasteiger partial charge in [0.25, 0.3) is 0 Å². The summed E-state index contributed by atoms with van der Waals surface area (Å²) in [6.07, 6.45) is 2.64. The standard InChI is InChI=1S/C22H16O3S/c23-16-8-3-5-12-11-15-19(20(18(12)16)17-9-4-10-26-17)22(25)14-7-2-1-6-13(14)21(15)24/h1-2,4,6-7,9-10,20H,3,5,8,11H2. The molecule has 2 aromatic rings. The van der Waals surface area contributed by atoms with Crippen LogP contribution in [0.1, 0.15) is 57.2 Å². The van der Waals surface area contributed by atoms with E-state index in [1.165, 1.54) is 0 Å². The SMILES string of the molecule is O=C1CCCC2=C1C(c1cccs1)C1=C(C2)C(=O)c2ccccc2C1=O. The topological polar surface area (TPSA) is 51.2 Å². The molecule has 26 heavy (non-hydrogen) atoms.